The number of halogens is 1. The number of aromatic nitrogens is 2. The van der Waals surface area contributed by atoms with Gasteiger partial charge in [0.05, 0.1) is 6.54 Å². The molecule has 1 aliphatic heterocycles. The van der Waals surface area contributed by atoms with Crippen LogP contribution >= 0.6 is 0 Å². The Labute approximate surface area is 194 Å². The number of hydrogen-bond donors (Lipinski definition) is 1. The predicted molar refractivity (Wildman–Crippen MR) is 128 cm³/mol. The normalized spacial score (nSPS) is 16.2. The van der Waals surface area contributed by atoms with E-state index in [-0.39, 0.29) is 24.2 Å². The van der Waals surface area contributed by atoms with Crippen molar-refractivity contribution < 1.29 is 9.18 Å². The number of amides is 1. The number of carbonyl (C=O) groups excluding carboxylic acids is 1. The molecule has 0 saturated carbocycles. The summed E-state index contributed by atoms with van der Waals surface area (Å²) in [6, 6.07) is 14.6. The highest BCUT2D eigenvalue weighted by atomic mass is 19.1. The van der Waals surface area contributed by atoms with Gasteiger partial charge < -0.3 is 10.6 Å². The van der Waals surface area contributed by atoms with Gasteiger partial charge in [-0.1, -0.05) is 18.2 Å². The summed E-state index contributed by atoms with van der Waals surface area (Å²) >= 11 is 0. The van der Waals surface area contributed by atoms with Gasteiger partial charge in [0.2, 0.25) is 5.91 Å². The SMILES string of the molecule is Cc1cc(-c2ccc(N)nc2)cc([C@@H]2CCCN(C(=O)CN(C)Cc3ccccc3F)C2)n1. The van der Waals surface area contributed by atoms with Crippen LogP contribution in [-0.4, -0.2) is 52.4 Å². The second kappa shape index (κ2) is 10.1. The van der Waals surface area contributed by atoms with Gasteiger partial charge in [0, 0.05) is 54.3 Å². The number of hydrogen-bond acceptors (Lipinski definition) is 5. The van der Waals surface area contributed by atoms with Gasteiger partial charge in [-0.05, 0) is 62.7 Å². The van der Waals surface area contributed by atoms with Crippen LogP contribution < -0.4 is 5.73 Å². The van der Waals surface area contributed by atoms with Crippen LogP contribution in [0.25, 0.3) is 11.1 Å². The average molecular weight is 448 g/mol. The lowest BCUT2D eigenvalue weighted by Crippen LogP contribution is -2.43. The fraction of sp³-hybridized carbons (Fsp3) is 0.346. The molecule has 0 spiro atoms. The Kier molecular flexibility index (Phi) is 6.99. The van der Waals surface area contributed by atoms with Crippen molar-refractivity contribution in [1.82, 2.24) is 19.8 Å². The Morgan fingerprint density at radius 1 is 1.21 bits per heavy atom. The lowest BCUT2D eigenvalue weighted by atomic mass is 9.92. The lowest BCUT2D eigenvalue weighted by molar-refractivity contribution is -0.133. The molecule has 4 rings (SSSR count). The lowest BCUT2D eigenvalue weighted by Gasteiger charge is -2.34. The Balaban J connectivity index is 1.43. The quantitative estimate of drug-likeness (QED) is 0.618. The van der Waals surface area contributed by atoms with Crippen molar-refractivity contribution in [2.75, 3.05) is 32.4 Å². The minimum atomic E-state index is -0.243. The standard InChI is InChI=1S/C26H30FN5O/c1-18-12-22(19-9-10-25(28)29-14-19)13-24(30-18)21-7-5-11-32(16-21)26(33)17-31(2)15-20-6-3-4-8-23(20)27/h3-4,6,8-10,12-14,21H,5,7,11,15-17H2,1-2H3,(H2,28,29)/t21-/m1/s1. The zero-order valence-corrected chi connectivity index (χ0v) is 19.2. The van der Waals surface area contributed by atoms with Crippen molar-refractivity contribution in [3.05, 3.63) is 77.5 Å². The van der Waals surface area contributed by atoms with Crippen molar-refractivity contribution in [1.29, 1.82) is 0 Å². The van der Waals surface area contributed by atoms with Gasteiger partial charge >= 0.3 is 0 Å². The van der Waals surface area contributed by atoms with Gasteiger partial charge in [-0.15, -0.1) is 0 Å². The van der Waals surface area contributed by atoms with Crippen molar-refractivity contribution in [3.8, 4) is 11.1 Å². The molecule has 172 valence electrons. The number of nitrogens with two attached hydrogens (primary N) is 1. The summed E-state index contributed by atoms with van der Waals surface area (Å²) in [5.74, 6) is 0.493. The van der Waals surface area contributed by atoms with E-state index in [2.05, 4.69) is 11.1 Å². The molecule has 6 nitrogen and oxygen atoms in total. The Bertz CT molecular complexity index is 1120. The zero-order valence-electron chi connectivity index (χ0n) is 19.2. The number of rotatable bonds is 6. The minimum Gasteiger partial charge on any atom is -0.384 e. The average Bonchev–Trinajstić information content (AvgIpc) is 2.80. The maximum Gasteiger partial charge on any atom is 0.236 e. The molecule has 1 saturated heterocycles. The summed E-state index contributed by atoms with van der Waals surface area (Å²) in [4.78, 5) is 25.8. The third kappa shape index (κ3) is 5.73. The van der Waals surface area contributed by atoms with E-state index in [4.69, 9.17) is 10.7 Å². The van der Waals surface area contributed by atoms with Crippen molar-refractivity contribution in [2.24, 2.45) is 0 Å². The summed E-state index contributed by atoms with van der Waals surface area (Å²) < 4.78 is 13.9. The van der Waals surface area contributed by atoms with Crippen LogP contribution in [0.1, 0.15) is 35.7 Å². The van der Waals surface area contributed by atoms with Crippen LogP contribution in [0, 0.1) is 12.7 Å². The first kappa shape index (κ1) is 22.9. The maximum atomic E-state index is 13.9. The molecule has 33 heavy (non-hydrogen) atoms. The first-order valence-electron chi connectivity index (χ1n) is 11.3. The number of nitrogen functional groups attached to an aromatic ring is 1. The van der Waals surface area contributed by atoms with Gasteiger partial charge in [0.25, 0.3) is 0 Å². The monoisotopic (exact) mass is 447 g/mol. The van der Waals surface area contributed by atoms with E-state index in [0.29, 0.717) is 24.5 Å². The van der Waals surface area contributed by atoms with Crippen LogP contribution in [0.4, 0.5) is 10.2 Å². The number of pyridine rings is 2. The third-order valence-corrected chi connectivity index (χ3v) is 6.09. The first-order chi connectivity index (χ1) is 15.9. The van der Waals surface area contributed by atoms with Crippen LogP contribution in [0.3, 0.4) is 0 Å². The summed E-state index contributed by atoms with van der Waals surface area (Å²) in [6.07, 6.45) is 3.70. The molecule has 3 aromatic rings. The Morgan fingerprint density at radius 2 is 2.03 bits per heavy atom. The topological polar surface area (TPSA) is 75.3 Å². The molecular weight excluding hydrogens is 417 g/mol. The number of benzene rings is 1. The maximum absolute atomic E-state index is 13.9. The summed E-state index contributed by atoms with van der Waals surface area (Å²) in [5.41, 5.74) is 10.3. The predicted octanol–water partition coefficient (Wildman–Crippen LogP) is 4.01. The van der Waals surface area contributed by atoms with Gasteiger partial charge in [0.1, 0.15) is 11.6 Å². The van der Waals surface area contributed by atoms with E-state index in [1.807, 2.05) is 42.0 Å². The zero-order chi connectivity index (χ0) is 23.4. The number of aryl methyl sites for hydroxylation is 1. The molecule has 0 aliphatic carbocycles. The summed E-state index contributed by atoms with van der Waals surface area (Å²) in [6.45, 7) is 4.02. The molecule has 1 fully saturated rings. The molecule has 1 amide bonds. The number of carbonyl (C=O) groups is 1. The summed E-state index contributed by atoms with van der Waals surface area (Å²) in [5, 5.41) is 0. The molecule has 7 heteroatoms. The minimum absolute atomic E-state index is 0.0640. The smallest absolute Gasteiger partial charge is 0.236 e. The summed E-state index contributed by atoms with van der Waals surface area (Å²) in [7, 11) is 1.85. The Hall–Kier alpha value is -3.32. The van der Waals surface area contributed by atoms with Crippen molar-refractivity contribution in [2.45, 2.75) is 32.2 Å². The number of piperidine rings is 1. The third-order valence-electron chi connectivity index (χ3n) is 6.09. The molecule has 1 aromatic carbocycles. The van der Waals surface area contributed by atoms with E-state index >= 15 is 0 Å². The second-order valence-electron chi connectivity index (χ2n) is 8.84. The van der Waals surface area contributed by atoms with E-state index in [1.54, 1.807) is 24.4 Å². The van der Waals surface area contributed by atoms with Crippen LogP contribution in [0.15, 0.2) is 54.7 Å². The van der Waals surface area contributed by atoms with Crippen molar-refractivity contribution in [3.63, 3.8) is 0 Å². The van der Waals surface area contributed by atoms with Crippen LogP contribution in [0.2, 0.25) is 0 Å². The van der Waals surface area contributed by atoms with Crippen LogP contribution in [-0.2, 0) is 11.3 Å². The van der Waals surface area contributed by atoms with Gasteiger partial charge in [-0.3, -0.25) is 14.7 Å². The Morgan fingerprint density at radius 3 is 2.79 bits per heavy atom. The highest BCUT2D eigenvalue weighted by Gasteiger charge is 2.26. The molecule has 3 heterocycles. The number of nitrogens with zero attached hydrogens (tertiary/aromatic N) is 4. The fourth-order valence-corrected chi connectivity index (χ4v) is 4.40. The second-order valence-corrected chi connectivity index (χ2v) is 8.84. The molecule has 0 bridgehead atoms. The highest BCUT2D eigenvalue weighted by Crippen LogP contribution is 2.29. The van der Waals surface area contributed by atoms with Gasteiger partial charge in [-0.2, -0.15) is 0 Å². The molecule has 0 unspecified atom stereocenters. The number of likely N-dealkylation sites (tertiary alicyclic amines) is 1. The van der Waals surface area contributed by atoms with Crippen molar-refractivity contribution >= 4 is 11.7 Å². The number of likely N-dealkylation sites (N-methyl/N-ethyl adjacent to an activating group) is 1. The van der Waals surface area contributed by atoms with Gasteiger partial charge in [0.15, 0.2) is 0 Å². The first-order valence-corrected chi connectivity index (χ1v) is 11.3. The molecule has 1 aliphatic rings. The molecule has 2 aromatic heterocycles. The fourth-order valence-electron chi connectivity index (χ4n) is 4.40. The van der Waals surface area contributed by atoms with E-state index in [0.717, 1.165) is 41.9 Å². The largest absolute Gasteiger partial charge is 0.384 e. The van der Waals surface area contributed by atoms with E-state index in [9.17, 15) is 9.18 Å². The molecule has 0 radical (unpaired) electrons. The van der Waals surface area contributed by atoms with E-state index in [1.165, 1.54) is 6.07 Å². The molecular formula is C26H30FN5O. The van der Waals surface area contributed by atoms with Crippen LogP contribution in [0.5, 0.6) is 0 Å². The van der Waals surface area contributed by atoms with Gasteiger partial charge in [-0.25, -0.2) is 9.37 Å². The molecule has 2 N–H and O–H groups in total. The molecule has 1 atom stereocenters. The van der Waals surface area contributed by atoms with E-state index < -0.39 is 0 Å². The highest BCUT2D eigenvalue weighted by molar-refractivity contribution is 5.78. The number of anilines is 1.